The van der Waals surface area contributed by atoms with Crippen LogP contribution in [-0.4, -0.2) is 13.7 Å². The van der Waals surface area contributed by atoms with E-state index in [0.717, 1.165) is 10.0 Å². The lowest BCUT2D eigenvalue weighted by Crippen LogP contribution is -2.05. The van der Waals surface area contributed by atoms with Crippen LogP contribution in [0.5, 0.6) is 17.2 Å². The maximum absolute atomic E-state index is 14.0. The molecular weight excluding hydrogens is 405 g/mol. The molecular formula is C15H14Br2FNO2. The molecule has 2 rings (SSSR count). The fraction of sp³-hybridized carbons (Fsp3) is 0.200. The van der Waals surface area contributed by atoms with Gasteiger partial charge in [-0.1, -0.05) is 12.1 Å². The second kappa shape index (κ2) is 7.24. The zero-order valence-corrected chi connectivity index (χ0v) is 14.5. The fourth-order valence-electron chi connectivity index (χ4n) is 1.88. The maximum atomic E-state index is 14.0. The molecule has 2 aromatic rings. The highest BCUT2D eigenvalue weighted by Gasteiger charge is 2.14. The molecule has 0 aromatic heterocycles. The first-order valence-electron chi connectivity index (χ1n) is 6.25. The Bertz CT molecular complexity index is 650. The highest BCUT2D eigenvalue weighted by molar-refractivity contribution is 9.11. The molecule has 0 aliphatic rings. The smallest absolute Gasteiger partial charge is 0.166 e. The molecule has 0 unspecified atom stereocenters. The lowest BCUT2D eigenvalue weighted by Gasteiger charge is -2.14. The van der Waals surface area contributed by atoms with Gasteiger partial charge in [-0.25, -0.2) is 4.39 Å². The Morgan fingerprint density at radius 1 is 1.14 bits per heavy atom. The van der Waals surface area contributed by atoms with E-state index in [1.165, 1.54) is 6.07 Å². The highest BCUT2D eigenvalue weighted by atomic mass is 79.9. The van der Waals surface area contributed by atoms with Gasteiger partial charge in [0.05, 0.1) is 16.1 Å². The molecule has 0 amide bonds. The van der Waals surface area contributed by atoms with E-state index in [-0.39, 0.29) is 5.75 Å². The van der Waals surface area contributed by atoms with Crippen molar-refractivity contribution in [1.29, 1.82) is 0 Å². The van der Waals surface area contributed by atoms with Crippen LogP contribution in [0.15, 0.2) is 39.3 Å². The lowest BCUT2D eigenvalue weighted by molar-refractivity contribution is 0.406. The molecule has 112 valence electrons. The predicted molar refractivity (Wildman–Crippen MR) is 87.6 cm³/mol. The molecule has 0 fully saturated rings. The van der Waals surface area contributed by atoms with Crippen molar-refractivity contribution in [3.63, 3.8) is 0 Å². The first kappa shape index (κ1) is 16.3. The number of methoxy groups -OCH3 is 1. The Kier molecular flexibility index (Phi) is 5.61. The number of hydrogen-bond acceptors (Lipinski definition) is 3. The first-order chi connectivity index (χ1) is 10.1. The van der Waals surface area contributed by atoms with E-state index in [1.807, 2.05) is 0 Å². The summed E-state index contributed by atoms with van der Waals surface area (Å²) >= 11 is 6.78. The van der Waals surface area contributed by atoms with E-state index in [1.54, 1.807) is 31.4 Å². The quantitative estimate of drug-likeness (QED) is 0.768. The summed E-state index contributed by atoms with van der Waals surface area (Å²) in [5.41, 5.74) is 6.29. The Balaban J connectivity index is 2.41. The number of hydrogen-bond donors (Lipinski definition) is 1. The second-order valence-electron chi connectivity index (χ2n) is 4.29. The summed E-state index contributed by atoms with van der Waals surface area (Å²) in [7, 11) is 1.57. The van der Waals surface area contributed by atoms with Crippen LogP contribution in [0.1, 0.15) is 5.56 Å². The SMILES string of the molecule is COc1cc(Br)c(Oc2c(F)cccc2CCN)cc1Br. The summed E-state index contributed by atoms with van der Waals surface area (Å²) in [5.74, 6) is 0.927. The maximum Gasteiger partial charge on any atom is 0.166 e. The van der Waals surface area contributed by atoms with Crippen molar-refractivity contribution in [2.75, 3.05) is 13.7 Å². The van der Waals surface area contributed by atoms with Crippen LogP contribution in [0.3, 0.4) is 0 Å². The Morgan fingerprint density at radius 3 is 2.48 bits per heavy atom. The van der Waals surface area contributed by atoms with E-state index in [0.29, 0.717) is 28.9 Å². The molecule has 0 aliphatic carbocycles. The molecule has 6 heteroatoms. The van der Waals surface area contributed by atoms with Gasteiger partial charge in [0.15, 0.2) is 11.6 Å². The number of rotatable bonds is 5. The summed E-state index contributed by atoms with van der Waals surface area (Å²) in [5, 5.41) is 0. The molecule has 21 heavy (non-hydrogen) atoms. The Labute approximate surface area is 139 Å². The number of para-hydroxylation sites is 1. The number of ether oxygens (including phenoxy) is 2. The lowest BCUT2D eigenvalue weighted by atomic mass is 10.1. The van der Waals surface area contributed by atoms with Crippen LogP contribution in [0.25, 0.3) is 0 Å². The van der Waals surface area contributed by atoms with Gasteiger partial charge in [-0.05, 0) is 68.6 Å². The van der Waals surface area contributed by atoms with Crippen LogP contribution >= 0.6 is 31.9 Å². The zero-order chi connectivity index (χ0) is 15.4. The third kappa shape index (κ3) is 3.75. The van der Waals surface area contributed by atoms with Gasteiger partial charge in [0, 0.05) is 0 Å². The topological polar surface area (TPSA) is 44.5 Å². The van der Waals surface area contributed by atoms with E-state index in [9.17, 15) is 4.39 Å². The largest absolute Gasteiger partial charge is 0.496 e. The molecule has 0 saturated carbocycles. The number of halogens is 3. The molecule has 0 atom stereocenters. The van der Waals surface area contributed by atoms with Crippen molar-refractivity contribution >= 4 is 31.9 Å². The van der Waals surface area contributed by atoms with Gasteiger partial charge >= 0.3 is 0 Å². The van der Waals surface area contributed by atoms with Crippen LogP contribution in [0.2, 0.25) is 0 Å². The summed E-state index contributed by atoms with van der Waals surface area (Å²) in [4.78, 5) is 0. The van der Waals surface area contributed by atoms with Gasteiger partial charge in [-0.2, -0.15) is 0 Å². The van der Waals surface area contributed by atoms with Gasteiger partial charge in [0.25, 0.3) is 0 Å². The van der Waals surface area contributed by atoms with Gasteiger partial charge in [-0.15, -0.1) is 0 Å². The summed E-state index contributed by atoms with van der Waals surface area (Å²) in [6.07, 6.45) is 0.544. The van der Waals surface area contributed by atoms with Crippen LogP contribution < -0.4 is 15.2 Å². The molecule has 0 radical (unpaired) electrons. The van der Waals surface area contributed by atoms with Crippen LogP contribution in [-0.2, 0) is 6.42 Å². The van der Waals surface area contributed by atoms with Crippen molar-refractivity contribution < 1.29 is 13.9 Å². The van der Waals surface area contributed by atoms with E-state index < -0.39 is 5.82 Å². The molecule has 0 heterocycles. The fourth-order valence-corrected chi connectivity index (χ4v) is 2.76. The van der Waals surface area contributed by atoms with E-state index in [4.69, 9.17) is 15.2 Å². The standard InChI is InChI=1S/C15H14Br2FNO2/c1-20-13-7-11(17)14(8-10(13)16)21-15-9(5-6-19)3-2-4-12(15)18/h2-4,7-8H,5-6,19H2,1H3. The molecule has 0 saturated heterocycles. The summed E-state index contributed by atoms with van der Waals surface area (Å²) < 4.78 is 26.3. The molecule has 2 N–H and O–H groups in total. The zero-order valence-electron chi connectivity index (χ0n) is 11.3. The molecule has 3 nitrogen and oxygen atoms in total. The molecule has 0 spiro atoms. The van der Waals surface area contributed by atoms with E-state index in [2.05, 4.69) is 31.9 Å². The molecule has 0 aliphatic heterocycles. The minimum atomic E-state index is -0.417. The van der Waals surface area contributed by atoms with Crippen molar-refractivity contribution in [2.45, 2.75) is 6.42 Å². The Hall–Kier alpha value is -1.11. The predicted octanol–water partition coefficient (Wildman–Crippen LogP) is 4.65. The average Bonchev–Trinajstić information content (AvgIpc) is 2.46. The summed E-state index contributed by atoms with van der Waals surface area (Å²) in [6.45, 7) is 0.424. The van der Waals surface area contributed by atoms with Crippen molar-refractivity contribution in [3.05, 3.63) is 50.7 Å². The normalized spacial score (nSPS) is 10.5. The minimum absolute atomic E-state index is 0.195. The minimum Gasteiger partial charge on any atom is -0.496 e. The highest BCUT2D eigenvalue weighted by Crippen LogP contribution is 2.39. The summed E-state index contributed by atoms with van der Waals surface area (Å²) in [6, 6.07) is 8.29. The number of benzene rings is 2. The third-order valence-electron chi connectivity index (χ3n) is 2.88. The van der Waals surface area contributed by atoms with Crippen molar-refractivity contribution in [3.8, 4) is 17.2 Å². The Morgan fingerprint density at radius 2 is 1.81 bits per heavy atom. The van der Waals surface area contributed by atoms with Gasteiger partial charge in [-0.3, -0.25) is 0 Å². The van der Waals surface area contributed by atoms with Gasteiger partial charge in [0.1, 0.15) is 11.5 Å². The van der Waals surface area contributed by atoms with Crippen LogP contribution in [0.4, 0.5) is 4.39 Å². The second-order valence-corrected chi connectivity index (χ2v) is 5.99. The first-order valence-corrected chi connectivity index (χ1v) is 7.83. The van der Waals surface area contributed by atoms with Crippen molar-refractivity contribution in [2.24, 2.45) is 5.73 Å². The monoisotopic (exact) mass is 417 g/mol. The van der Waals surface area contributed by atoms with E-state index >= 15 is 0 Å². The molecule has 2 aromatic carbocycles. The third-order valence-corrected chi connectivity index (χ3v) is 4.12. The van der Waals surface area contributed by atoms with Gasteiger partial charge in [0.2, 0.25) is 0 Å². The molecule has 0 bridgehead atoms. The van der Waals surface area contributed by atoms with Crippen molar-refractivity contribution in [1.82, 2.24) is 0 Å². The average molecular weight is 419 g/mol. The van der Waals surface area contributed by atoms with Gasteiger partial charge < -0.3 is 15.2 Å². The number of nitrogens with two attached hydrogens (primary N) is 1. The van der Waals surface area contributed by atoms with Crippen LogP contribution in [0, 0.1) is 5.82 Å².